The Labute approximate surface area is 91.6 Å². The minimum atomic E-state index is 0.0366. The van der Waals surface area contributed by atoms with Gasteiger partial charge in [0.15, 0.2) is 0 Å². The molecule has 80 valence electrons. The monoisotopic (exact) mass is 223 g/mol. The normalized spacial score (nSPS) is 16.9. The Kier molecular flexibility index (Phi) is 3.03. The van der Waals surface area contributed by atoms with E-state index in [0.717, 1.165) is 11.0 Å². The molecule has 1 heterocycles. The van der Waals surface area contributed by atoms with Crippen LogP contribution in [0.1, 0.15) is 5.56 Å². The Bertz CT molecular complexity index is 392. The van der Waals surface area contributed by atoms with Gasteiger partial charge >= 0.3 is 0 Å². The molecule has 0 radical (unpaired) electrons. The van der Waals surface area contributed by atoms with E-state index in [2.05, 4.69) is 9.24 Å². The van der Waals surface area contributed by atoms with E-state index in [9.17, 15) is 4.79 Å². The van der Waals surface area contributed by atoms with Gasteiger partial charge in [0, 0.05) is 12.2 Å². The van der Waals surface area contributed by atoms with E-state index in [4.69, 9.17) is 4.74 Å². The Morgan fingerprint density at radius 2 is 2.27 bits per heavy atom. The fourth-order valence-electron chi connectivity index (χ4n) is 1.59. The van der Waals surface area contributed by atoms with E-state index in [1.54, 1.807) is 4.90 Å². The number of nitrogens with zero attached hydrogens (tertiary/aromatic N) is 1. The predicted molar refractivity (Wildman–Crippen MR) is 63.7 cm³/mol. The molecule has 1 aromatic rings. The summed E-state index contributed by atoms with van der Waals surface area (Å²) in [7, 11) is 2.68. The second-order valence-electron chi connectivity index (χ2n) is 3.64. The van der Waals surface area contributed by atoms with Crippen LogP contribution in [0, 0.1) is 6.92 Å². The average molecular weight is 223 g/mol. The van der Waals surface area contributed by atoms with Gasteiger partial charge in [-0.15, -0.1) is 9.24 Å². The van der Waals surface area contributed by atoms with Gasteiger partial charge in [0.05, 0.1) is 6.61 Å². The van der Waals surface area contributed by atoms with Crippen LogP contribution in [-0.4, -0.2) is 25.7 Å². The molecule has 0 saturated carbocycles. The molecule has 1 atom stereocenters. The Morgan fingerprint density at radius 1 is 1.47 bits per heavy atom. The minimum absolute atomic E-state index is 0.0366. The molecule has 0 aromatic heterocycles. The molecule has 1 amide bonds. The van der Waals surface area contributed by atoms with Gasteiger partial charge in [0.2, 0.25) is 0 Å². The molecule has 1 aromatic carbocycles. The second-order valence-corrected chi connectivity index (χ2v) is 4.26. The zero-order valence-corrected chi connectivity index (χ0v) is 9.85. The molecule has 15 heavy (non-hydrogen) atoms. The first-order valence-electron chi connectivity index (χ1n) is 4.93. The molecule has 0 bridgehead atoms. The quantitative estimate of drug-likeness (QED) is 0.661. The maximum atomic E-state index is 11.6. The van der Waals surface area contributed by atoms with Crippen LogP contribution < -0.4 is 10.2 Å². The molecule has 1 fully saturated rings. The van der Waals surface area contributed by atoms with Gasteiger partial charge < -0.3 is 9.64 Å². The molecule has 1 unspecified atom stereocenters. The first-order chi connectivity index (χ1) is 7.18. The molecular weight excluding hydrogens is 209 g/mol. The van der Waals surface area contributed by atoms with Crippen molar-refractivity contribution in [3.8, 4) is 0 Å². The summed E-state index contributed by atoms with van der Waals surface area (Å²) < 4.78 is 5.09. The SMILES string of the molecule is Cc1ccc(N2CCOCC2=O)cc1P. The van der Waals surface area contributed by atoms with E-state index in [1.165, 1.54) is 5.56 Å². The van der Waals surface area contributed by atoms with E-state index in [0.29, 0.717) is 13.2 Å². The zero-order valence-electron chi connectivity index (χ0n) is 8.69. The van der Waals surface area contributed by atoms with Gasteiger partial charge in [-0.2, -0.15) is 0 Å². The molecule has 3 nitrogen and oxygen atoms in total. The molecule has 2 rings (SSSR count). The highest BCUT2D eigenvalue weighted by molar-refractivity contribution is 7.27. The van der Waals surface area contributed by atoms with Crippen molar-refractivity contribution in [2.75, 3.05) is 24.7 Å². The summed E-state index contributed by atoms with van der Waals surface area (Å²) in [5, 5.41) is 1.13. The zero-order chi connectivity index (χ0) is 10.8. The third kappa shape index (κ3) is 2.19. The number of benzene rings is 1. The molecule has 0 spiro atoms. The summed E-state index contributed by atoms with van der Waals surface area (Å²) >= 11 is 0. The smallest absolute Gasteiger partial charge is 0.253 e. The molecule has 1 aliphatic heterocycles. The van der Waals surface area contributed by atoms with Crippen molar-refractivity contribution in [3.63, 3.8) is 0 Å². The number of hydrogen-bond donors (Lipinski definition) is 0. The number of ether oxygens (including phenoxy) is 1. The summed E-state index contributed by atoms with van der Waals surface area (Å²) in [5.41, 5.74) is 2.17. The first kappa shape index (κ1) is 10.6. The standard InChI is InChI=1S/C11H14NO2P/c1-8-2-3-9(6-10(8)15)12-4-5-14-7-11(12)13/h2-3,6H,4-5,7,15H2,1H3. The highest BCUT2D eigenvalue weighted by atomic mass is 31.0. The maximum absolute atomic E-state index is 11.6. The highest BCUT2D eigenvalue weighted by Crippen LogP contribution is 2.17. The van der Waals surface area contributed by atoms with E-state index in [1.807, 2.05) is 25.1 Å². The fourth-order valence-corrected chi connectivity index (χ4v) is 1.85. The fraction of sp³-hybridized carbons (Fsp3) is 0.364. The predicted octanol–water partition coefficient (Wildman–Crippen LogP) is 0.859. The van der Waals surface area contributed by atoms with Crippen LogP contribution in [-0.2, 0) is 9.53 Å². The van der Waals surface area contributed by atoms with Gasteiger partial charge in [-0.05, 0) is 29.9 Å². The Hall–Kier alpha value is -0.920. The van der Waals surface area contributed by atoms with Crippen molar-refractivity contribution in [1.82, 2.24) is 0 Å². The summed E-state index contributed by atoms with van der Waals surface area (Å²) in [6.07, 6.45) is 0. The summed E-state index contributed by atoms with van der Waals surface area (Å²) in [4.78, 5) is 13.4. The van der Waals surface area contributed by atoms with Crippen LogP contribution in [0.25, 0.3) is 0 Å². The van der Waals surface area contributed by atoms with Gasteiger partial charge in [0.25, 0.3) is 5.91 Å². The largest absolute Gasteiger partial charge is 0.370 e. The van der Waals surface area contributed by atoms with E-state index < -0.39 is 0 Å². The van der Waals surface area contributed by atoms with Crippen molar-refractivity contribution in [1.29, 1.82) is 0 Å². The number of hydrogen-bond acceptors (Lipinski definition) is 2. The van der Waals surface area contributed by atoms with Crippen molar-refractivity contribution in [2.24, 2.45) is 0 Å². The lowest BCUT2D eigenvalue weighted by atomic mass is 10.2. The van der Waals surface area contributed by atoms with E-state index >= 15 is 0 Å². The van der Waals surface area contributed by atoms with Crippen LogP contribution in [0.15, 0.2) is 18.2 Å². The number of aryl methyl sites for hydroxylation is 1. The van der Waals surface area contributed by atoms with Crippen LogP contribution in [0.5, 0.6) is 0 Å². The van der Waals surface area contributed by atoms with Crippen LogP contribution in [0.3, 0.4) is 0 Å². The molecule has 0 N–H and O–H groups in total. The first-order valence-corrected chi connectivity index (χ1v) is 5.50. The van der Waals surface area contributed by atoms with Crippen LogP contribution in [0.2, 0.25) is 0 Å². The molecular formula is C11H14NO2P. The number of anilines is 1. The van der Waals surface area contributed by atoms with Crippen LogP contribution >= 0.6 is 9.24 Å². The lowest BCUT2D eigenvalue weighted by molar-refractivity contribution is -0.125. The lowest BCUT2D eigenvalue weighted by Crippen LogP contribution is -2.41. The topological polar surface area (TPSA) is 29.5 Å². The summed E-state index contributed by atoms with van der Waals surface area (Å²) in [6, 6.07) is 6.02. The third-order valence-corrected chi connectivity index (χ3v) is 3.18. The number of amides is 1. The molecule has 1 saturated heterocycles. The number of morpholine rings is 1. The minimum Gasteiger partial charge on any atom is -0.370 e. The number of carbonyl (C=O) groups excluding carboxylic acids is 1. The van der Waals surface area contributed by atoms with Crippen molar-refractivity contribution < 1.29 is 9.53 Å². The third-order valence-electron chi connectivity index (χ3n) is 2.56. The number of rotatable bonds is 1. The maximum Gasteiger partial charge on any atom is 0.253 e. The van der Waals surface area contributed by atoms with Crippen molar-refractivity contribution in [2.45, 2.75) is 6.92 Å². The average Bonchev–Trinajstić information content (AvgIpc) is 2.23. The van der Waals surface area contributed by atoms with Gasteiger partial charge in [0.1, 0.15) is 6.61 Å². The summed E-state index contributed by atoms with van der Waals surface area (Å²) in [6.45, 7) is 3.51. The van der Waals surface area contributed by atoms with Crippen molar-refractivity contribution >= 4 is 26.1 Å². The van der Waals surface area contributed by atoms with Gasteiger partial charge in [-0.1, -0.05) is 6.07 Å². The Balaban J connectivity index is 2.28. The second kappa shape index (κ2) is 4.30. The van der Waals surface area contributed by atoms with Crippen molar-refractivity contribution in [3.05, 3.63) is 23.8 Å². The number of carbonyl (C=O) groups is 1. The van der Waals surface area contributed by atoms with Crippen LogP contribution in [0.4, 0.5) is 5.69 Å². The summed E-state index contributed by atoms with van der Waals surface area (Å²) in [5.74, 6) is 0.0366. The molecule has 1 aliphatic rings. The Morgan fingerprint density at radius 3 is 2.93 bits per heavy atom. The van der Waals surface area contributed by atoms with E-state index in [-0.39, 0.29) is 12.5 Å². The van der Waals surface area contributed by atoms with Gasteiger partial charge in [-0.3, -0.25) is 4.79 Å². The van der Waals surface area contributed by atoms with Gasteiger partial charge in [-0.25, -0.2) is 0 Å². The molecule has 0 aliphatic carbocycles. The lowest BCUT2D eigenvalue weighted by Gasteiger charge is -2.27. The molecule has 4 heteroatoms. The highest BCUT2D eigenvalue weighted by Gasteiger charge is 2.20.